The van der Waals surface area contributed by atoms with Gasteiger partial charge in [0.2, 0.25) is 5.13 Å². The van der Waals surface area contributed by atoms with Crippen LogP contribution in [0.15, 0.2) is 0 Å². The number of hydrogen-bond acceptors (Lipinski definition) is 5. The van der Waals surface area contributed by atoms with E-state index >= 15 is 0 Å². The van der Waals surface area contributed by atoms with Crippen LogP contribution in [0.25, 0.3) is 0 Å². The van der Waals surface area contributed by atoms with E-state index in [1.807, 2.05) is 0 Å². The van der Waals surface area contributed by atoms with Gasteiger partial charge in [-0.2, -0.15) is 0 Å². The van der Waals surface area contributed by atoms with Gasteiger partial charge in [0.25, 0.3) is 0 Å². The summed E-state index contributed by atoms with van der Waals surface area (Å²) in [4.78, 5) is 2.15. The highest BCUT2D eigenvalue weighted by Crippen LogP contribution is 2.28. The summed E-state index contributed by atoms with van der Waals surface area (Å²) < 4.78 is 3.73. The first-order valence-electron chi connectivity index (χ1n) is 4.22. The van der Waals surface area contributed by atoms with Crippen molar-refractivity contribution >= 4 is 16.7 Å². The second-order valence-corrected chi connectivity index (χ2v) is 4.03. The van der Waals surface area contributed by atoms with Gasteiger partial charge in [0.1, 0.15) is 0 Å². The van der Waals surface area contributed by atoms with Crippen LogP contribution in [-0.2, 0) is 0 Å². The van der Waals surface area contributed by atoms with Crippen molar-refractivity contribution in [1.29, 1.82) is 0 Å². The lowest BCUT2D eigenvalue weighted by Crippen LogP contribution is -2.29. The molecule has 0 saturated heterocycles. The van der Waals surface area contributed by atoms with E-state index in [4.69, 9.17) is 0 Å². The Labute approximate surface area is 75.8 Å². The van der Waals surface area contributed by atoms with Crippen LogP contribution >= 0.6 is 11.5 Å². The molecule has 0 aliphatic heterocycles. The molecule has 1 heterocycles. The molecule has 0 unspecified atom stereocenters. The van der Waals surface area contributed by atoms with Gasteiger partial charge >= 0.3 is 0 Å². The summed E-state index contributed by atoms with van der Waals surface area (Å²) in [6.45, 7) is 1.11. The van der Waals surface area contributed by atoms with Crippen molar-refractivity contribution in [3.05, 3.63) is 0 Å². The molecule has 0 atom stereocenters. The fraction of sp³-hybridized carbons (Fsp3) is 0.857. The summed E-state index contributed by atoms with van der Waals surface area (Å²) in [7, 11) is 2.06. The van der Waals surface area contributed by atoms with Gasteiger partial charge in [-0.05, 0) is 24.0 Å². The first kappa shape index (κ1) is 7.91. The van der Waals surface area contributed by atoms with Crippen LogP contribution < -0.4 is 4.90 Å². The van der Waals surface area contributed by atoms with Gasteiger partial charge in [-0.1, -0.05) is 16.0 Å². The van der Waals surface area contributed by atoms with Crippen molar-refractivity contribution in [2.45, 2.75) is 19.3 Å². The highest BCUT2D eigenvalue weighted by Gasteiger charge is 2.20. The summed E-state index contributed by atoms with van der Waals surface area (Å²) >= 11 is 1.36. The summed E-state index contributed by atoms with van der Waals surface area (Å²) in [5.41, 5.74) is 0. The van der Waals surface area contributed by atoms with E-state index in [1.165, 1.54) is 30.8 Å². The van der Waals surface area contributed by atoms with E-state index in [-0.39, 0.29) is 0 Å². The molecule has 1 aromatic heterocycles. The Kier molecular flexibility index (Phi) is 2.21. The monoisotopic (exact) mass is 184 g/mol. The van der Waals surface area contributed by atoms with Crippen molar-refractivity contribution in [1.82, 2.24) is 14.8 Å². The molecule has 1 saturated carbocycles. The molecule has 0 aromatic carbocycles. The van der Waals surface area contributed by atoms with Gasteiger partial charge in [0, 0.05) is 25.1 Å². The molecule has 4 nitrogen and oxygen atoms in total. The molecule has 12 heavy (non-hydrogen) atoms. The van der Waals surface area contributed by atoms with Crippen LogP contribution in [0.1, 0.15) is 19.3 Å². The predicted octanol–water partition coefficient (Wildman–Crippen LogP) is 1.17. The first-order valence-corrected chi connectivity index (χ1v) is 5.00. The number of rotatable bonds is 3. The third kappa shape index (κ3) is 1.55. The van der Waals surface area contributed by atoms with E-state index in [0.29, 0.717) is 0 Å². The Morgan fingerprint density at radius 3 is 2.92 bits per heavy atom. The zero-order valence-electron chi connectivity index (χ0n) is 7.10. The Balaban J connectivity index is 1.87. The maximum absolute atomic E-state index is 3.91. The minimum absolute atomic E-state index is 0.874. The molecule has 1 aliphatic carbocycles. The fourth-order valence-electron chi connectivity index (χ4n) is 1.42. The maximum Gasteiger partial charge on any atom is 0.227 e. The molecule has 0 radical (unpaired) electrons. The molecule has 66 valence electrons. The van der Waals surface area contributed by atoms with Crippen molar-refractivity contribution in [3.8, 4) is 0 Å². The lowest BCUT2D eigenvalue weighted by molar-refractivity contribution is 0.321. The Hall–Kier alpha value is -0.710. The van der Waals surface area contributed by atoms with Crippen LogP contribution in [0, 0.1) is 5.92 Å². The molecule has 1 aliphatic rings. The average Bonchev–Trinajstić information content (AvgIpc) is 2.47. The van der Waals surface area contributed by atoms with Gasteiger partial charge in [0.15, 0.2) is 0 Å². The van der Waals surface area contributed by atoms with E-state index in [0.717, 1.165) is 17.6 Å². The molecular formula is C7H12N4S. The summed E-state index contributed by atoms with van der Waals surface area (Å²) in [6.07, 6.45) is 4.14. The number of hydrogen-bond donors (Lipinski definition) is 0. The standard InChI is InChI=1S/C7H12N4S/c1-11(5-6-3-2-4-6)7-8-9-10-12-7/h6H,2-5H2,1H3. The fourth-order valence-corrected chi connectivity index (χ4v) is 1.85. The van der Waals surface area contributed by atoms with Gasteiger partial charge in [0.05, 0.1) is 0 Å². The number of nitrogens with zero attached hydrogens (tertiary/aromatic N) is 4. The number of aromatic nitrogens is 3. The Morgan fingerprint density at radius 2 is 2.42 bits per heavy atom. The second-order valence-electron chi connectivity index (χ2n) is 3.32. The molecule has 2 rings (SSSR count). The lowest BCUT2D eigenvalue weighted by Gasteiger charge is -2.29. The second kappa shape index (κ2) is 3.35. The topological polar surface area (TPSA) is 41.9 Å². The van der Waals surface area contributed by atoms with Crippen LogP contribution in [0.4, 0.5) is 5.13 Å². The highest BCUT2D eigenvalue weighted by molar-refractivity contribution is 7.09. The van der Waals surface area contributed by atoms with Gasteiger partial charge in [-0.15, -0.1) is 0 Å². The smallest absolute Gasteiger partial charge is 0.227 e. The first-order chi connectivity index (χ1) is 5.86. The predicted molar refractivity (Wildman–Crippen MR) is 48.3 cm³/mol. The molecule has 0 bridgehead atoms. The zero-order chi connectivity index (χ0) is 8.39. The van der Waals surface area contributed by atoms with Gasteiger partial charge in [-0.3, -0.25) is 0 Å². The third-order valence-corrected chi connectivity index (χ3v) is 3.08. The summed E-state index contributed by atoms with van der Waals surface area (Å²) in [5.74, 6) is 0.874. The highest BCUT2D eigenvalue weighted by atomic mass is 32.1. The average molecular weight is 184 g/mol. The van der Waals surface area contributed by atoms with Gasteiger partial charge < -0.3 is 4.90 Å². The molecular weight excluding hydrogens is 172 g/mol. The van der Waals surface area contributed by atoms with E-state index < -0.39 is 0 Å². The molecule has 0 spiro atoms. The normalized spacial score (nSPS) is 17.4. The lowest BCUT2D eigenvalue weighted by atomic mass is 9.85. The largest absolute Gasteiger partial charge is 0.348 e. The molecule has 5 heteroatoms. The van der Waals surface area contributed by atoms with Crippen molar-refractivity contribution in [2.75, 3.05) is 18.5 Å². The van der Waals surface area contributed by atoms with Crippen molar-refractivity contribution in [3.63, 3.8) is 0 Å². The van der Waals surface area contributed by atoms with Gasteiger partial charge in [-0.25, -0.2) is 0 Å². The molecule has 0 N–H and O–H groups in total. The molecule has 0 amide bonds. The van der Waals surface area contributed by atoms with Crippen molar-refractivity contribution in [2.24, 2.45) is 5.92 Å². The van der Waals surface area contributed by atoms with E-state index in [2.05, 4.69) is 26.7 Å². The van der Waals surface area contributed by atoms with E-state index in [9.17, 15) is 0 Å². The van der Waals surface area contributed by atoms with Crippen LogP contribution in [-0.4, -0.2) is 28.4 Å². The van der Waals surface area contributed by atoms with E-state index in [1.54, 1.807) is 0 Å². The summed E-state index contributed by atoms with van der Waals surface area (Å²) in [5, 5.41) is 8.41. The Morgan fingerprint density at radius 1 is 1.58 bits per heavy atom. The Bertz CT molecular complexity index is 232. The van der Waals surface area contributed by atoms with Crippen LogP contribution in [0.5, 0.6) is 0 Å². The summed E-state index contributed by atoms with van der Waals surface area (Å²) in [6, 6.07) is 0. The minimum Gasteiger partial charge on any atom is -0.348 e. The minimum atomic E-state index is 0.874. The number of anilines is 1. The molecule has 1 aromatic rings. The maximum atomic E-state index is 3.91. The van der Waals surface area contributed by atoms with Crippen LogP contribution in [0.2, 0.25) is 0 Å². The van der Waals surface area contributed by atoms with Crippen molar-refractivity contribution < 1.29 is 0 Å². The quantitative estimate of drug-likeness (QED) is 0.707. The molecule has 1 fully saturated rings. The third-order valence-electron chi connectivity index (χ3n) is 2.37. The van der Waals surface area contributed by atoms with Crippen LogP contribution in [0.3, 0.4) is 0 Å². The SMILES string of the molecule is CN(CC1CCC1)c1nnns1. The zero-order valence-corrected chi connectivity index (χ0v) is 7.92.